The van der Waals surface area contributed by atoms with Gasteiger partial charge in [-0.2, -0.15) is 0 Å². The summed E-state index contributed by atoms with van der Waals surface area (Å²) in [6, 6.07) is 15.9. The van der Waals surface area contributed by atoms with E-state index < -0.39 is 22.5 Å². The molecule has 3 aromatic rings. The highest BCUT2D eigenvalue weighted by Gasteiger charge is 2.30. The minimum Gasteiger partial charge on any atom is -0.496 e. The molecular formula is C25H27ClN2O7S. The van der Waals surface area contributed by atoms with Gasteiger partial charge in [-0.1, -0.05) is 29.8 Å². The van der Waals surface area contributed by atoms with Crippen molar-refractivity contribution >= 4 is 33.2 Å². The lowest BCUT2D eigenvalue weighted by atomic mass is 10.2. The van der Waals surface area contributed by atoms with E-state index in [1.54, 1.807) is 18.2 Å². The summed E-state index contributed by atoms with van der Waals surface area (Å²) in [4.78, 5) is 12.9. The van der Waals surface area contributed by atoms with Crippen LogP contribution in [-0.4, -0.2) is 49.3 Å². The normalized spacial score (nSPS) is 10.9. The number of methoxy groups -OCH3 is 4. The van der Waals surface area contributed by atoms with Crippen molar-refractivity contribution in [3.8, 4) is 23.0 Å². The first-order valence-corrected chi connectivity index (χ1v) is 12.5. The van der Waals surface area contributed by atoms with Gasteiger partial charge in [0.15, 0.2) is 11.5 Å². The SMILES string of the molecule is COc1ccccc1CNC(=O)CN(c1cc(Cl)ccc1OC)S(=O)(=O)c1ccc(OC)c(OC)c1. The highest BCUT2D eigenvalue weighted by atomic mass is 35.5. The third kappa shape index (κ3) is 5.95. The summed E-state index contributed by atoms with van der Waals surface area (Å²) < 4.78 is 49.8. The van der Waals surface area contributed by atoms with E-state index in [2.05, 4.69) is 5.32 Å². The third-order valence-electron chi connectivity index (χ3n) is 5.31. The van der Waals surface area contributed by atoms with Crippen molar-refractivity contribution in [2.24, 2.45) is 0 Å². The molecule has 1 N–H and O–H groups in total. The molecule has 0 fully saturated rings. The number of anilines is 1. The number of nitrogens with zero attached hydrogens (tertiary/aromatic N) is 1. The van der Waals surface area contributed by atoms with Crippen LogP contribution in [0.15, 0.2) is 65.6 Å². The van der Waals surface area contributed by atoms with E-state index in [0.29, 0.717) is 11.5 Å². The topological polar surface area (TPSA) is 103 Å². The quantitative estimate of drug-likeness (QED) is 0.398. The van der Waals surface area contributed by atoms with E-state index in [1.165, 1.54) is 58.8 Å². The van der Waals surface area contributed by atoms with E-state index in [9.17, 15) is 13.2 Å². The number of halogens is 1. The van der Waals surface area contributed by atoms with Gasteiger partial charge in [0.25, 0.3) is 10.0 Å². The average Bonchev–Trinajstić information content (AvgIpc) is 2.90. The van der Waals surface area contributed by atoms with Crippen molar-refractivity contribution in [3.63, 3.8) is 0 Å². The molecule has 9 nitrogen and oxygen atoms in total. The number of benzene rings is 3. The molecule has 0 aromatic heterocycles. The highest BCUT2D eigenvalue weighted by Crippen LogP contribution is 2.37. The number of ether oxygens (including phenoxy) is 4. The summed E-state index contributed by atoms with van der Waals surface area (Å²) in [6.45, 7) is -0.400. The Morgan fingerprint density at radius 3 is 2.14 bits per heavy atom. The first-order chi connectivity index (χ1) is 17.2. The average molecular weight is 535 g/mol. The molecule has 36 heavy (non-hydrogen) atoms. The van der Waals surface area contributed by atoms with Crippen molar-refractivity contribution in [2.45, 2.75) is 11.4 Å². The molecule has 0 unspecified atom stereocenters. The lowest BCUT2D eigenvalue weighted by molar-refractivity contribution is -0.119. The van der Waals surface area contributed by atoms with Crippen LogP contribution in [-0.2, 0) is 21.4 Å². The van der Waals surface area contributed by atoms with Crippen molar-refractivity contribution in [1.82, 2.24) is 5.32 Å². The maximum Gasteiger partial charge on any atom is 0.265 e. The molecular weight excluding hydrogens is 508 g/mol. The van der Waals surface area contributed by atoms with Crippen LogP contribution in [0.1, 0.15) is 5.56 Å². The van der Waals surface area contributed by atoms with Crippen molar-refractivity contribution < 1.29 is 32.2 Å². The largest absolute Gasteiger partial charge is 0.496 e. The monoisotopic (exact) mass is 534 g/mol. The number of carbonyl (C=O) groups is 1. The Hall–Kier alpha value is -3.63. The standard InChI is InChI=1S/C25H27ClN2O7S/c1-32-21-8-6-5-7-17(21)15-27-25(29)16-28(20-13-18(26)9-11-22(20)33-2)36(30,31)19-10-12-23(34-3)24(14-19)35-4/h5-14H,15-16H2,1-4H3,(H,27,29). The van der Waals surface area contributed by atoms with Gasteiger partial charge in [0.2, 0.25) is 5.91 Å². The molecule has 0 radical (unpaired) electrons. The summed E-state index contributed by atoms with van der Waals surface area (Å²) in [7, 11) is 1.50. The Balaban J connectivity index is 2.00. The van der Waals surface area contributed by atoms with Crippen molar-refractivity contribution in [1.29, 1.82) is 0 Å². The first kappa shape index (κ1) is 27.0. The van der Waals surface area contributed by atoms with E-state index in [1.807, 2.05) is 12.1 Å². The fraction of sp³-hybridized carbons (Fsp3) is 0.240. The molecule has 0 aliphatic heterocycles. The zero-order valence-electron chi connectivity index (χ0n) is 20.3. The Kier molecular flexibility index (Phi) is 8.89. The fourth-order valence-corrected chi connectivity index (χ4v) is 5.10. The van der Waals surface area contributed by atoms with Gasteiger partial charge in [0.05, 0.1) is 39.0 Å². The van der Waals surface area contributed by atoms with E-state index in [-0.39, 0.29) is 33.6 Å². The van der Waals surface area contributed by atoms with Crippen LogP contribution in [0.5, 0.6) is 23.0 Å². The van der Waals surface area contributed by atoms with E-state index >= 15 is 0 Å². The molecule has 192 valence electrons. The summed E-state index contributed by atoms with van der Waals surface area (Å²) in [6.07, 6.45) is 0. The Morgan fingerprint density at radius 2 is 1.47 bits per heavy atom. The molecule has 0 spiro atoms. The molecule has 0 saturated heterocycles. The van der Waals surface area contributed by atoms with Gasteiger partial charge >= 0.3 is 0 Å². The lowest BCUT2D eigenvalue weighted by Gasteiger charge is -2.26. The predicted octanol–water partition coefficient (Wildman–Crippen LogP) is 3.89. The van der Waals surface area contributed by atoms with Crippen LogP contribution in [0.2, 0.25) is 5.02 Å². The van der Waals surface area contributed by atoms with Crippen LogP contribution in [0.4, 0.5) is 5.69 Å². The second-order valence-electron chi connectivity index (χ2n) is 7.43. The zero-order chi connectivity index (χ0) is 26.3. The maximum absolute atomic E-state index is 13.8. The Labute approximate surface area is 215 Å². The molecule has 0 atom stereocenters. The summed E-state index contributed by atoms with van der Waals surface area (Å²) in [5.74, 6) is 0.854. The molecule has 0 heterocycles. The van der Waals surface area contributed by atoms with E-state index in [4.69, 9.17) is 30.5 Å². The first-order valence-electron chi connectivity index (χ1n) is 10.7. The minimum absolute atomic E-state index is 0.104. The van der Waals surface area contributed by atoms with Crippen LogP contribution in [0, 0.1) is 0 Å². The van der Waals surface area contributed by atoms with Gasteiger partial charge in [0, 0.05) is 23.2 Å². The number of sulfonamides is 1. The molecule has 1 amide bonds. The summed E-state index contributed by atoms with van der Waals surface area (Å²) >= 11 is 6.18. The fourth-order valence-electron chi connectivity index (χ4n) is 3.49. The number of hydrogen-bond donors (Lipinski definition) is 1. The number of amides is 1. The number of rotatable bonds is 11. The molecule has 0 saturated carbocycles. The summed E-state index contributed by atoms with van der Waals surface area (Å²) in [5.41, 5.74) is 0.843. The predicted molar refractivity (Wildman–Crippen MR) is 137 cm³/mol. The minimum atomic E-state index is -4.28. The third-order valence-corrected chi connectivity index (χ3v) is 7.30. The second-order valence-corrected chi connectivity index (χ2v) is 9.73. The van der Waals surface area contributed by atoms with Gasteiger partial charge in [-0.25, -0.2) is 8.42 Å². The van der Waals surface area contributed by atoms with Gasteiger partial charge in [0.1, 0.15) is 18.0 Å². The zero-order valence-corrected chi connectivity index (χ0v) is 21.9. The number of nitrogens with one attached hydrogen (secondary N) is 1. The van der Waals surface area contributed by atoms with E-state index in [0.717, 1.165) is 9.87 Å². The molecule has 0 aliphatic rings. The van der Waals surface area contributed by atoms with Gasteiger partial charge in [-0.05, 0) is 36.4 Å². The Bertz CT molecular complexity index is 1330. The number of para-hydroxylation sites is 1. The Morgan fingerprint density at radius 1 is 0.833 bits per heavy atom. The number of carbonyl (C=O) groups excluding carboxylic acids is 1. The smallest absolute Gasteiger partial charge is 0.265 e. The van der Waals surface area contributed by atoms with Gasteiger partial charge < -0.3 is 24.3 Å². The maximum atomic E-state index is 13.8. The van der Waals surface area contributed by atoms with Gasteiger partial charge in [-0.15, -0.1) is 0 Å². The lowest BCUT2D eigenvalue weighted by Crippen LogP contribution is -2.41. The highest BCUT2D eigenvalue weighted by molar-refractivity contribution is 7.92. The van der Waals surface area contributed by atoms with Crippen LogP contribution in [0.3, 0.4) is 0 Å². The number of hydrogen-bond acceptors (Lipinski definition) is 7. The molecule has 11 heteroatoms. The van der Waals surface area contributed by atoms with Gasteiger partial charge in [-0.3, -0.25) is 9.10 Å². The van der Waals surface area contributed by atoms with Crippen molar-refractivity contribution in [2.75, 3.05) is 39.3 Å². The second kappa shape index (κ2) is 11.9. The van der Waals surface area contributed by atoms with Crippen LogP contribution in [0.25, 0.3) is 0 Å². The van der Waals surface area contributed by atoms with Crippen LogP contribution < -0.4 is 28.6 Å². The molecule has 3 aromatic carbocycles. The van der Waals surface area contributed by atoms with Crippen LogP contribution >= 0.6 is 11.6 Å². The molecule has 0 bridgehead atoms. The summed E-state index contributed by atoms with van der Waals surface area (Å²) in [5, 5.41) is 3.02. The molecule has 3 rings (SSSR count). The molecule has 0 aliphatic carbocycles. The van der Waals surface area contributed by atoms with Crippen molar-refractivity contribution in [3.05, 3.63) is 71.2 Å².